The van der Waals surface area contributed by atoms with Gasteiger partial charge < -0.3 is 9.47 Å². The van der Waals surface area contributed by atoms with Gasteiger partial charge in [-0.1, -0.05) is 57.2 Å². The van der Waals surface area contributed by atoms with Crippen molar-refractivity contribution in [1.82, 2.24) is 0 Å². The summed E-state index contributed by atoms with van der Waals surface area (Å²) in [5.74, 6) is 1.68. The molecule has 1 aliphatic rings. The van der Waals surface area contributed by atoms with E-state index in [1.54, 1.807) is 0 Å². The average Bonchev–Trinajstić information content (AvgIpc) is 2.46. The Morgan fingerprint density at radius 3 is 2.40 bits per heavy atom. The Balaban J connectivity index is 1.90. The third kappa shape index (κ3) is 2.51. The molecule has 2 aromatic carbocycles. The minimum atomic E-state index is -0.0288. The first-order valence-corrected chi connectivity index (χ1v) is 7.03. The van der Waals surface area contributed by atoms with Gasteiger partial charge in [-0.15, -0.1) is 0 Å². The van der Waals surface area contributed by atoms with E-state index in [9.17, 15) is 0 Å². The van der Waals surface area contributed by atoms with Gasteiger partial charge in [-0.25, -0.2) is 0 Å². The molecule has 2 heteroatoms. The van der Waals surface area contributed by atoms with Gasteiger partial charge in [0.2, 0.25) is 0 Å². The zero-order valence-corrected chi connectivity index (χ0v) is 12.2. The first-order valence-electron chi connectivity index (χ1n) is 7.03. The molecule has 0 aliphatic carbocycles. The molecule has 1 unspecified atom stereocenters. The van der Waals surface area contributed by atoms with Crippen LogP contribution < -0.4 is 9.47 Å². The normalized spacial score (nSPS) is 17.9. The SMILES string of the molecule is CC(C)(C)c1ccc2c(c1)OC(c1ccccc1)CO2. The number of rotatable bonds is 1. The van der Waals surface area contributed by atoms with Crippen molar-refractivity contribution < 1.29 is 9.47 Å². The fourth-order valence-corrected chi connectivity index (χ4v) is 2.37. The summed E-state index contributed by atoms with van der Waals surface area (Å²) in [6, 6.07) is 16.4. The molecule has 2 aromatic rings. The zero-order valence-electron chi connectivity index (χ0n) is 12.2. The van der Waals surface area contributed by atoms with Crippen LogP contribution in [0, 0.1) is 0 Å². The van der Waals surface area contributed by atoms with E-state index in [4.69, 9.17) is 9.47 Å². The Hall–Kier alpha value is -1.96. The molecule has 1 aliphatic heterocycles. The minimum Gasteiger partial charge on any atom is -0.485 e. The summed E-state index contributed by atoms with van der Waals surface area (Å²) in [4.78, 5) is 0. The van der Waals surface area contributed by atoms with Gasteiger partial charge in [0.15, 0.2) is 17.6 Å². The quantitative estimate of drug-likeness (QED) is 0.758. The van der Waals surface area contributed by atoms with Gasteiger partial charge in [0.05, 0.1) is 0 Å². The second-order valence-corrected chi connectivity index (χ2v) is 6.24. The molecule has 104 valence electrons. The molecule has 0 radical (unpaired) electrons. The van der Waals surface area contributed by atoms with E-state index in [2.05, 4.69) is 45.0 Å². The summed E-state index contributed by atoms with van der Waals surface area (Å²) >= 11 is 0. The Bertz CT molecular complexity index is 597. The molecule has 0 spiro atoms. The molecular weight excluding hydrogens is 248 g/mol. The van der Waals surface area contributed by atoms with Crippen LogP contribution in [0.4, 0.5) is 0 Å². The van der Waals surface area contributed by atoms with E-state index < -0.39 is 0 Å². The lowest BCUT2D eigenvalue weighted by molar-refractivity contribution is 0.0910. The second kappa shape index (κ2) is 4.86. The van der Waals surface area contributed by atoms with Crippen LogP contribution in [0.15, 0.2) is 48.5 Å². The van der Waals surface area contributed by atoms with Crippen molar-refractivity contribution in [3.63, 3.8) is 0 Å². The standard InChI is InChI=1S/C18H20O2/c1-18(2,3)14-9-10-15-16(11-14)20-17(12-19-15)13-7-5-4-6-8-13/h4-11,17H,12H2,1-3H3. The third-order valence-corrected chi connectivity index (χ3v) is 3.64. The average molecular weight is 268 g/mol. The van der Waals surface area contributed by atoms with Crippen molar-refractivity contribution in [1.29, 1.82) is 0 Å². The highest BCUT2D eigenvalue weighted by atomic mass is 16.6. The van der Waals surface area contributed by atoms with Crippen LogP contribution in [0.5, 0.6) is 11.5 Å². The van der Waals surface area contributed by atoms with Crippen molar-refractivity contribution >= 4 is 0 Å². The second-order valence-electron chi connectivity index (χ2n) is 6.24. The monoisotopic (exact) mass is 268 g/mol. The summed E-state index contributed by atoms with van der Waals surface area (Å²) in [6.07, 6.45) is -0.0288. The molecule has 0 fully saturated rings. The van der Waals surface area contributed by atoms with E-state index in [-0.39, 0.29) is 11.5 Å². The maximum absolute atomic E-state index is 6.13. The lowest BCUT2D eigenvalue weighted by Gasteiger charge is -2.29. The highest BCUT2D eigenvalue weighted by Crippen LogP contribution is 2.39. The van der Waals surface area contributed by atoms with Crippen LogP contribution >= 0.6 is 0 Å². The van der Waals surface area contributed by atoms with Gasteiger partial charge >= 0.3 is 0 Å². The van der Waals surface area contributed by atoms with Crippen molar-refractivity contribution in [2.45, 2.75) is 32.3 Å². The summed E-state index contributed by atoms with van der Waals surface area (Å²) < 4.78 is 12.0. The Morgan fingerprint density at radius 2 is 1.70 bits per heavy atom. The van der Waals surface area contributed by atoms with Crippen molar-refractivity contribution in [2.24, 2.45) is 0 Å². The highest BCUT2D eigenvalue weighted by Gasteiger charge is 2.24. The van der Waals surface area contributed by atoms with E-state index in [1.807, 2.05) is 24.3 Å². The first kappa shape index (κ1) is 13.0. The predicted octanol–water partition coefficient (Wildman–Crippen LogP) is 4.50. The molecule has 0 aromatic heterocycles. The topological polar surface area (TPSA) is 18.5 Å². The number of ether oxygens (including phenoxy) is 2. The number of fused-ring (bicyclic) bond motifs is 1. The molecular formula is C18H20O2. The van der Waals surface area contributed by atoms with Crippen molar-refractivity contribution in [3.8, 4) is 11.5 Å². The van der Waals surface area contributed by atoms with Crippen LogP contribution in [0.1, 0.15) is 38.0 Å². The number of benzene rings is 2. The maximum atomic E-state index is 6.13. The van der Waals surface area contributed by atoms with Crippen LogP contribution in [0.3, 0.4) is 0 Å². The Labute approximate surface area is 120 Å². The van der Waals surface area contributed by atoms with Gasteiger partial charge in [0.25, 0.3) is 0 Å². The molecule has 3 rings (SSSR count). The van der Waals surface area contributed by atoms with Crippen molar-refractivity contribution in [2.75, 3.05) is 6.61 Å². The van der Waals surface area contributed by atoms with E-state index in [0.717, 1.165) is 17.1 Å². The molecule has 20 heavy (non-hydrogen) atoms. The Kier molecular flexibility index (Phi) is 3.17. The molecule has 0 N–H and O–H groups in total. The molecule has 0 saturated heterocycles. The van der Waals surface area contributed by atoms with Crippen LogP contribution in [-0.2, 0) is 5.41 Å². The van der Waals surface area contributed by atoms with Crippen LogP contribution in [-0.4, -0.2) is 6.61 Å². The van der Waals surface area contributed by atoms with Crippen LogP contribution in [0.2, 0.25) is 0 Å². The van der Waals surface area contributed by atoms with Crippen molar-refractivity contribution in [3.05, 3.63) is 59.7 Å². The fraction of sp³-hybridized carbons (Fsp3) is 0.333. The zero-order chi connectivity index (χ0) is 14.2. The Morgan fingerprint density at radius 1 is 0.950 bits per heavy atom. The molecule has 0 amide bonds. The van der Waals surface area contributed by atoms with Crippen LogP contribution in [0.25, 0.3) is 0 Å². The van der Waals surface area contributed by atoms with E-state index >= 15 is 0 Å². The highest BCUT2D eigenvalue weighted by molar-refractivity contribution is 5.46. The maximum Gasteiger partial charge on any atom is 0.162 e. The molecule has 1 atom stereocenters. The summed E-state index contributed by atoms with van der Waals surface area (Å²) in [5, 5.41) is 0. The number of hydrogen-bond acceptors (Lipinski definition) is 2. The van der Waals surface area contributed by atoms with E-state index in [0.29, 0.717) is 6.61 Å². The van der Waals surface area contributed by atoms with Gasteiger partial charge in [-0.2, -0.15) is 0 Å². The molecule has 0 saturated carbocycles. The third-order valence-electron chi connectivity index (χ3n) is 3.64. The minimum absolute atomic E-state index is 0.0288. The molecule has 2 nitrogen and oxygen atoms in total. The molecule has 0 bridgehead atoms. The largest absolute Gasteiger partial charge is 0.485 e. The summed E-state index contributed by atoms with van der Waals surface area (Å²) in [5.41, 5.74) is 2.52. The van der Waals surface area contributed by atoms with Gasteiger partial charge in [-0.05, 0) is 28.7 Å². The predicted molar refractivity (Wildman–Crippen MR) is 80.4 cm³/mol. The van der Waals surface area contributed by atoms with Gasteiger partial charge in [0.1, 0.15) is 6.61 Å². The van der Waals surface area contributed by atoms with Gasteiger partial charge in [0, 0.05) is 0 Å². The number of hydrogen-bond donors (Lipinski definition) is 0. The lowest BCUT2D eigenvalue weighted by atomic mass is 9.87. The first-order chi connectivity index (χ1) is 9.54. The molecule has 1 heterocycles. The fourth-order valence-electron chi connectivity index (χ4n) is 2.37. The van der Waals surface area contributed by atoms with Gasteiger partial charge in [-0.3, -0.25) is 0 Å². The lowest BCUT2D eigenvalue weighted by Crippen LogP contribution is -2.22. The summed E-state index contributed by atoms with van der Waals surface area (Å²) in [6.45, 7) is 7.17. The summed E-state index contributed by atoms with van der Waals surface area (Å²) in [7, 11) is 0. The smallest absolute Gasteiger partial charge is 0.162 e. The van der Waals surface area contributed by atoms with E-state index in [1.165, 1.54) is 5.56 Å².